The van der Waals surface area contributed by atoms with Gasteiger partial charge in [-0.3, -0.25) is 0 Å². The third-order valence-electron chi connectivity index (χ3n) is 3.05. The molecule has 2 aliphatic rings. The van der Waals surface area contributed by atoms with Crippen LogP contribution in [-0.2, 0) is 9.53 Å². The maximum atomic E-state index is 12.5. The number of piperidine rings is 1. The number of nitrogens with zero attached hydrogens (tertiary/aromatic N) is 1. The van der Waals surface area contributed by atoms with Gasteiger partial charge in [0.15, 0.2) is 5.70 Å². The average Bonchev–Trinajstić information content (AvgIpc) is 2.76. The van der Waals surface area contributed by atoms with Crippen molar-refractivity contribution in [2.24, 2.45) is 0 Å². The summed E-state index contributed by atoms with van der Waals surface area (Å²) < 4.78 is 42.4. The van der Waals surface area contributed by atoms with Gasteiger partial charge in [-0.25, -0.2) is 9.69 Å². The van der Waals surface area contributed by atoms with Gasteiger partial charge in [-0.2, -0.15) is 13.2 Å². The van der Waals surface area contributed by atoms with E-state index >= 15 is 0 Å². The van der Waals surface area contributed by atoms with Crippen molar-refractivity contribution in [2.75, 3.05) is 13.1 Å². The molecular weight excluding hydrogens is 253 g/mol. The zero-order valence-electron chi connectivity index (χ0n) is 9.46. The van der Waals surface area contributed by atoms with Gasteiger partial charge in [0.25, 0.3) is 0 Å². The minimum atomic E-state index is -4.65. The van der Waals surface area contributed by atoms with Crippen molar-refractivity contribution in [1.29, 1.82) is 0 Å². The van der Waals surface area contributed by atoms with Crippen molar-refractivity contribution in [3.05, 3.63) is 12.0 Å². The van der Waals surface area contributed by atoms with Gasteiger partial charge in [-0.1, -0.05) is 6.42 Å². The topological polar surface area (TPSA) is 61.8 Å². The Morgan fingerprint density at radius 3 is 2.44 bits per heavy atom. The van der Waals surface area contributed by atoms with Gasteiger partial charge < -0.3 is 15.2 Å². The predicted octanol–water partition coefficient (Wildman–Crippen LogP) is 1.23. The molecule has 1 fully saturated rings. The first-order valence-electron chi connectivity index (χ1n) is 5.58. The molecule has 5 nitrogen and oxygen atoms in total. The Hall–Kier alpha value is -1.44. The van der Waals surface area contributed by atoms with Crippen LogP contribution in [0.2, 0.25) is 0 Å². The highest BCUT2D eigenvalue weighted by Gasteiger charge is 2.55. The molecule has 0 bridgehead atoms. The van der Waals surface area contributed by atoms with Crippen LogP contribution in [0.3, 0.4) is 0 Å². The van der Waals surface area contributed by atoms with Crippen LogP contribution in [-0.4, -0.2) is 41.1 Å². The van der Waals surface area contributed by atoms with Crippen LogP contribution in [0.15, 0.2) is 12.0 Å². The number of aliphatic carboxylic acids is 1. The molecule has 2 aliphatic heterocycles. The summed E-state index contributed by atoms with van der Waals surface area (Å²) in [5.74, 6) is -3.59. The van der Waals surface area contributed by atoms with Crippen molar-refractivity contribution in [1.82, 2.24) is 10.2 Å². The molecule has 1 unspecified atom stereocenters. The first-order chi connectivity index (χ1) is 8.36. The normalized spacial score (nSPS) is 29.4. The summed E-state index contributed by atoms with van der Waals surface area (Å²) in [6, 6.07) is 0. The number of rotatable bonds is 2. The van der Waals surface area contributed by atoms with Crippen LogP contribution >= 0.6 is 0 Å². The minimum Gasteiger partial charge on any atom is -0.476 e. The Bertz CT molecular complexity index is 377. The second-order valence-corrected chi connectivity index (χ2v) is 4.27. The van der Waals surface area contributed by atoms with Crippen LogP contribution in [0.5, 0.6) is 0 Å². The van der Waals surface area contributed by atoms with Gasteiger partial charge in [0, 0.05) is 13.1 Å². The smallest absolute Gasteiger partial charge is 0.434 e. The third kappa shape index (κ3) is 2.12. The second-order valence-electron chi connectivity index (χ2n) is 4.27. The minimum absolute atomic E-state index is 0.387. The van der Waals surface area contributed by atoms with E-state index in [9.17, 15) is 18.0 Å². The van der Waals surface area contributed by atoms with Gasteiger partial charge in [0.05, 0.1) is 0 Å². The molecule has 0 aliphatic carbocycles. The fourth-order valence-corrected chi connectivity index (χ4v) is 2.12. The number of carbonyl (C=O) groups is 1. The molecule has 0 aromatic heterocycles. The SMILES string of the molecule is O=C(O)C1(N2CCCCC2)NC(C(F)(F)F)=CO1. The molecule has 2 rings (SSSR count). The molecule has 0 radical (unpaired) electrons. The van der Waals surface area contributed by atoms with E-state index in [1.165, 1.54) is 4.90 Å². The summed E-state index contributed by atoms with van der Waals surface area (Å²) in [5.41, 5.74) is -1.17. The molecule has 1 atom stereocenters. The molecule has 0 aromatic carbocycles. The number of carboxylic acids is 1. The fraction of sp³-hybridized carbons (Fsp3) is 0.700. The highest BCUT2D eigenvalue weighted by molar-refractivity contribution is 5.77. The Kier molecular flexibility index (Phi) is 3.14. The Morgan fingerprint density at radius 1 is 1.39 bits per heavy atom. The molecule has 0 aromatic rings. The largest absolute Gasteiger partial charge is 0.476 e. The number of carboxylic acid groups (broad SMARTS) is 1. The van der Waals surface area contributed by atoms with Crippen LogP contribution in [0, 0.1) is 0 Å². The van der Waals surface area contributed by atoms with E-state index < -0.39 is 23.7 Å². The van der Waals surface area contributed by atoms with E-state index in [2.05, 4.69) is 0 Å². The van der Waals surface area contributed by atoms with Crippen LogP contribution < -0.4 is 5.32 Å². The second kappa shape index (κ2) is 4.34. The van der Waals surface area contributed by atoms with Gasteiger partial charge in [-0.15, -0.1) is 0 Å². The molecule has 2 heterocycles. The summed E-state index contributed by atoms with van der Waals surface area (Å²) in [5, 5.41) is 11.1. The summed E-state index contributed by atoms with van der Waals surface area (Å²) in [4.78, 5) is 12.6. The number of alkyl halides is 3. The van der Waals surface area contributed by atoms with Gasteiger partial charge in [0.2, 0.25) is 0 Å². The van der Waals surface area contributed by atoms with Crippen molar-refractivity contribution in [3.8, 4) is 0 Å². The maximum Gasteiger partial charge on any atom is 0.434 e. The molecule has 0 amide bonds. The molecule has 102 valence electrons. The van der Waals surface area contributed by atoms with E-state index in [0.29, 0.717) is 19.4 Å². The quantitative estimate of drug-likeness (QED) is 0.787. The Balaban J connectivity index is 2.19. The highest BCUT2D eigenvalue weighted by atomic mass is 19.4. The molecule has 1 saturated heterocycles. The monoisotopic (exact) mass is 266 g/mol. The summed E-state index contributed by atoms with van der Waals surface area (Å²) >= 11 is 0. The highest BCUT2D eigenvalue weighted by Crippen LogP contribution is 2.33. The lowest BCUT2D eigenvalue weighted by Crippen LogP contribution is -2.64. The number of likely N-dealkylation sites (tertiary alicyclic amines) is 1. The Morgan fingerprint density at radius 2 is 2.00 bits per heavy atom. The van der Waals surface area contributed by atoms with Gasteiger partial charge in [-0.05, 0) is 12.8 Å². The van der Waals surface area contributed by atoms with Crippen molar-refractivity contribution >= 4 is 5.97 Å². The van der Waals surface area contributed by atoms with Crippen LogP contribution in [0.1, 0.15) is 19.3 Å². The molecule has 0 spiro atoms. The zero-order chi connectivity index (χ0) is 13.4. The summed E-state index contributed by atoms with van der Waals surface area (Å²) in [6.07, 6.45) is -1.80. The van der Waals surface area contributed by atoms with E-state index in [4.69, 9.17) is 9.84 Å². The third-order valence-corrected chi connectivity index (χ3v) is 3.05. The van der Waals surface area contributed by atoms with Crippen molar-refractivity contribution in [3.63, 3.8) is 0 Å². The number of nitrogens with one attached hydrogen (secondary N) is 1. The van der Waals surface area contributed by atoms with Crippen LogP contribution in [0.25, 0.3) is 0 Å². The lowest BCUT2D eigenvalue weighted by molar-refractivity contribution is -0.189. The van der Waals surface area contributed by atoms with Crippen LogP contribution in [0.4, 0.5) is 13.2 Å². The number of halogens is 3. The molecule has 18 heavy (non-hydrogen) atoms. The van der Waals surface area contributed by atoms with E-state index in [1.807, 2.05) is 5.32 Å². The molecular formula is C10H13F3N2O3. The summed E-state index contributed by atoms with van der Waals surface area (Å²) in [7, 11) is 0. The fourth-order valence-electron chi connectivity index (χ4n) is 2.12. The summed E-state index contributed by atoms with van der Waals surface area (Å²) in [6.45, 7) is 0.774. The number of hydrogen-bond acceptors (Lipinski definition) is 4. The number of hydrogen-bond donors (Lipinski definition) is 2. The first kappa shape index (κ1) is 13.0. The first-order valence-corrected chi connectivity index (χ1v) is 5.58. The number of ether oxygens (including phenoxy) is 1. The van der Waals surface area contributed by atoms with E-state index in [0.717, 1.165) is 19.3 Å². The molecule has 2 N–H and O–H groups in total. The van der Waals surface area contributed by atoms with Crippen molar-refractivity contribution in [2.45, 2.75) is 31.3 Å². The Labute approximate surface area is 101 Å². The standard InChI is InChI=1S/C10H13F3N2O3/c11-9(12,13)7-6-18-10(14-7,8(16)17)15-4-2-1-3-5-15/h6,14H,1-5H2,(H,16,17). The molecule has 8 heteroatoms. The van der Waals surface area contributed by atoms with Gasteiger partial charge >= 0.3 is 18.0 Å². The van der Waals surface area contributed by atoms with Gasteiger partial charge in [0.1, 0.15) is 6.26 Å². The van der Waals surface area contributed by atoms with Crippen molar-refractivity contribution < 1.29 is 27.8 Å². The lowest BCUT2D eigenvalue weighted by atomic mass is 10.1. The molecule has 0 saturated carbocycles. The average molecular weight is 266 g/mol. The van der Waals surface area contributed by atoms with E-state index in [-0.39, 0.29) is 0 Å². The number of allylic oxidation sites excluding steroid dienone is 1. The lowest BCUT2D eigenvalue weighted by Gasteiger charge is -2.38. The van der Waals surface area contributed by atoms with E-state index in [1.54, 1.807) is 0 Å². The zero-order valence-corrected chi connectivity index (χ0v) is 9.46. The predicted molar refractivity (Wildman–Crippen MR) is 54.1 cm³/mol. The maximum absolute atomic E-state index is 12.5.